The van der Waals surface area contributed by atoms with Gasteiger partial charge in [0.15, 0.2) is 0 Å². The topological polar surface area (TPSA) is 92.0 Å². The van der Waals surface area contributed by atoms with Crippen molar-refractivity contribution in [2.45, 2.75) is 25.0 Å². The number of urea groups is 1. The molecule has 158 valence electrons. The highest BCUT2D eigenvalue weighted by molar-refractivity contribution is 5.94. The molecular formula is C22H27N5O3. The molecule has 2 N–H and O–H groups in total. The SMILES string of the molecule is CN(C)C(=O)N1Cc2ccccc2OC2(CCN(C(=O)c3ccnc(N)c3)CC2)C1. The first-order valence-electron chi connectivity index (χ1n) is 10.1. The first-order valence-corrected chi connectivity index (χ1v) is 10.1. The maximum atomic E-state index is 12.9. The normalized spacial score (nSPS) is 17.7. The molecule has 1 aromatic heterocycles. The molecule has 8 heteroatoms. The molecule has 0 saturated carbocycles. The molecule has 0 unspecified atom stereocenters. The van der Waals surface area contributed by atoms with Crippen LogP contribution in [0.2, 0.25) is 0 Å². The van der Waals surface area contributed by atoms with Crippen LogP contribution in [0.1, 0.15) is 28.8 Å². The number of carbonyl (C=O) groups is 2. The number of hydrogen-bond donors (Lipinski definition) is 1. The average Bonchev–Trinajstić information content (AvgIpc) is 2.89. The first kappa shape index (κ1) is 20.0. The Morgan fingerprint density at radius 1 is 1.13 bits per heavy atom. The van der Waals surface area contributed by atoms with Gasteiger partial charge in [-0.25, -0.2) is 9.78 Å². The first-order chi connectivity index (χ1) is 14.4. The zero-order chi connectivity index (χ0) is 21.3. The van der Waals surface area contributed by atoms with Crippen LogP contribution in [0.5, 0.6) is 5.75 Å². The Balaban J connectivity index is 1.55. The summed E-state index contributed by atoms with van der Waals surface area (Å²) in [6.07, 6.45) is 2.83. The second-order valence-corrected chi connectivity index (χ2v) is 8.19. The molecule has 1 spiro atoms. The van der Waals surface area contributed by atoms with Crippen molar-refractivity contribution in [1.82, 2.24) is 19.7 Å². The number of anilines is 1. The summed E-state index contributed by atoms with van der Waals surface area (Å²) in [4.78, 5) is 34.9. The fourth-order valence-electron chi connectivity index (χ4n) is 4.17. The van der Waals surface area contributed by atoms with Gasteiger partial charge in [0.25, 0.3) is 5.91 Å². The summed E-state index contributed by atoms with van der Waals surface area (Å²) < 4.78 is 6.52. The molecule has 2 aliphatic rings. The van der Waals surface area contributed by atoms with E-state index in [2.05, 4.69) is 4.98 Å². The summed E-state index contributed by atoms with van der Waals surface area (Å²) in [5.41, 5.74) is 6.74. The zero-order valence-corrected chi connectivity index (χ0v) is 17.4. The van der Waals surface area contributed by atoms with E-state index in [1.165, 1.54) is 0 Å². The van der Waals surface area contributed by atoms with Gasteiger partial charge in [-0.1, -0.05) is 18.2 Å². The maximum absolute atomic E-state index is 12.9. The molecule has 3 amide bonds. The van der Waals surface area contributed by atoms with Crippen LogP contribution in [0.25, 0.3) is 0 Å². The van der Waals surface area contributed by atoms with E-state index in [0.29, 0.717) is 50.4 Å². The van der Waals surface area contributed by atoms with Crippen molar-refractivity contribution in [3.8, 4) is 5.75 Å². The minimum Gasteiger partial charge on any atom is -0.485 e. The Labute approximate surface area is 176 Å². The Kier molecular flexibility index (Phi) is 5.24. The number of fused-ring (bicyclic) bond motifs is 1. The Morgan fingerprint density at radius 2 is 1.87 bits per heavy atom. The number of aromatic nitrogens is 1. The van der Waals surface area contributed by atoms with Crippen LogP contribution < -0.4 is 10.5 Å². The third-order valence-corrected chi connectivity index (χ3v) is 5.78. The minimum atomic E-state index is -0.522. The van der Waals surface area contributed by atoms with Gasteiger partial charge >= 0.3 is 6.03 Å². The predicted octanol–water partition coefficient (Wildman–Crippen LogP) is 2.21. The van der Waals surface area contributed by atoms with Crippen molar-refractivity contribution in [3.63, 3.8) is 0 Å². The lowest BCUT2D eigenvalue weighted by molar-refractivity contribution is -0.00950. The standard InChI is InChI=1S/C22H27N5O3/c1-25(2)21(29)27-14-17-5-3-4-6-18(17)30-22(15-27)8-11-26(12-9-22)20(28)16-7-10-24-19(23)13-16/h3-7,10,13H,8-9,11-12,14-15H2,1-2H3,(H2,23,24). The number of likely N-dealkylation sites (tertiary alicyclic amines) is 1. The molecule has 0 atom stereocenters. The smallest absolute Gasteiger partial charge is 0.319 e. The minimum absolute atomic E-state index is 0.0413. The number of hydrogen-bond acceptors (Lipinski definition) is 5. The van der Waals surface area contributed by atoms with Crippen molar-refractivity contribution in [1.29, 1.82) is 0 Å². The molecular weight excluding hydrogens is 382 g/mol. The van der Waals surface area contributed by atoms with Crippen LogP contribution in [-0.4, -0.2) is 71.0 Å². The number of nitrogen functional groups attached to an aromatic ring is 1. The van der Waals surface area contributed by atoms with Crippen LogP contribution in [-0.2, 0) is 6.54 Å². The molecule has 30 heavy (non-hydrogen) atoms. The highest BCUT2D eigenvalue weighted by atomic mass is 16.5. The highest BCUT2D eigenvalue weighted by Gasteiger charge is 2.43. The number of para-hydroxylation sites is 1. The van der Waals surface area contributed by atoms with Crippen molar-refractivity contribution < 1.29 is 14.3 Å². The zero-order valence-electron chi connectivity index (χ0n) is 17.4. The molecule has 3 heterocycles. The van der Waals surface area contributed by atoms with Crippen LogP contribution in [0.15, 0.2) is 42.6 Å². The molecule has 4 rings (SSSR count). The van der Waals surface area contributed by atoms with Crippen LogP contribution in [0, 0.1) is 0 Å². The largest absolute Gasteiger partial charge is 0.485 e. The van der Waals surface area contributed by atoms with Gasteiger partial charge in [0.1, 0.15) is 17.2 Å². The number of rotatable bonds is 1. The molecule has 0 radical (unpaired) electrons. The summed E-state index contributed by atoms with van der Waals surface area (Å²) in [5, 5.41) is 0. The third kappa shape index (κ3) is 3.90. The number of benzene rings is 1. The lowest BCUT2D eigenvalue weighted by Crippen LogP contribution is -2.56. The van der Waals surface area contributed by atoms with Crippen LogP contribution in [0.4, 0.5) is 10.6 Å². The molecule has 2 aromatic rings. The monoisotopic (exact) mass is 409 g/mol. The number of amides is 3. The van der Waals surface area contributed by atoms with E-state index in [1.54, 1.807) is 37.3 Å². The number of nitrogens with two attached hydrogens (primary N) is 1. The molecule has 2 aliphatic heterocycles. The fourth-order valence-corrected chi connectivity index (χ4v) is 4.17. The second kappa shape index (κ2) is 7.85. The van der Waals surface area contributed by atoms with Crippen molar-refractivity contribution in [2.24, 2.45) is 0 Å². The lowest BCUT2D eigenvalue weighted by Gasteiger charge is -2.43. The second-order valence-electron chi connectivity index (χ2n) is 8.19. The summed E-state index contributed by atoms with van der Waals surface area (Å²) in [7, 11) is 3.52. The lowest BCUT2D eigenvalue weighted by atomic mass is 9.90. The summed E-state index contributed by atoms with van der Waals surface area (Å²) in [5.74, 6) is 1.08. The van der Waals surface area contributed by atoms with E-state index in [4.69, 9.17) is 10.5 Å². The van der Waals surface area contributed by atoms with E-state index in [-0.39, 0.29) is 11.9 Å². The van der Waals surface area contributed by atoms with Gasteiger partial charge in [-0.3, -0.25) is 4.79 Å². The van der Waals surface area contributed by atoms with Gasteiger partial charge < -0.3 is 25.2 Å². The number of piperidine rings is 1. The van der Waals surface area contributed by atoms with Crippen molar-refractivity contribution in [3.05, 3.63) is 53.7 Å². The average molecular weight is 409 g/mol. The summed E-state index contributed by atoms with van der Waals surface area (Å²) in [6.45, 7) is 2.09. The molecule has 1 fully saturated rings. The summed E-state index contributed by atoms with van der Waals surface area (Å²) >= 11 is 0. The van der Waals surface area contributed by atoms with Gasteiger partial charge in [0.2, 0.25) is 0 Å². The number of ether oxygens (including phenoxy) is 1. The molecule has 1 aromatic carbocycles. The van der Waals surface area contributed by atoms with Gasteiger partial charge in [-0.05, 0) is 18.2 Å². The van der Waals surface area contributed by atoms with E-state index in [1.807, 2.05) is 34.1 Å². The maximum Gasteiger partial charge on any atom is 0.319 e. The molecule has 8 nitrogen and oxygen atoms in total. The summed E-state index contributed by atoms with van der Waals surface area (Å²) in [6, 6.07) is 11.1. The van der Waals surface area contributed by atoms with Gasteiger partial charge in [0.05, 0.1) is 13.1 Å². The van der Waals surface area contributed by atoms with Gasteiger partial charge in [-0.15, -0.1) is 0 Å². The third-order valence-electron chi connectivity index (χ3n) is 5.78. The van der Waals surface area contributed by atoms with Crippen molar-refractivity contribution >= 4 is 17.8 Å². The molecule has 1 saturated heterocycles. The Hall–Kier alpha value is -3.29. The van der Waals surface area contributed by atoms with Crippen LogP contribution >= 0.6 is 0 Å². The predicted molar refractivity (Wildman–Crippen MR) is 113 cm³/mol. The number of carbonyl (C=O) groups excluding carboxylic acids is 2. The fraction of sp³-hybridized carbons (Fsp3) is 0.409. The van der Waals surface area contributed by atoms with Gasteiger partial charge in [0, 0.05) is 57.4 Å². The molecule has 0 bridgehead atoms. The highest BCUT2D eigenvalue weighted by Crippen LogP contribution is 2.36. The van der Waals surface area contributed by atoms with E-state index in [0.717, 1.165) is 11.3 Å². The van der Waals surface area contributed by atoms with E-state index in [9.17, 15) is 9.59 Å². The van der Waals surface area contributed by atoms with Crippen LogP contribution in [0.3, 0.4) is 0 Å². The van der Waals surface area contributed by atoms with E-state index >= 15 is 0 Å². The Morgan fingerprint density at radius 3 is 2.57 bits per heavy atom. The molecule has 0 aliphatic carbocycles. The van der Waals surface area contributed by atoms with E-state index < -0.39 is 5.60 Å². The van der Waals surface area contributed by atoms with Crippen molar-refractivity contribution in [2.75, 3.05) is 39.5 Å². The quantitative estimate of drug-likeness (QED) is 0.780. The Bertz CT molecular complexity index is 953. The number of pyridine rings is 1. The van der Waals surface area contributed by atoms with Gasteiger partial charge in [-0.2, -0.15) is 0 Å². The number of nitrogens with zero attached hydrogens (tertiary/aromatic N) is 4.